The van der Waals surface area contributed by atoms with Crippen LogP contribution in [0, 0.1) is 0 Å². The van der Waals surface area contributed by atoms with Crippen molar-refractivity contribution in [3.05, 3.63) is 84.9 Å². The lowest BCUT2D eigenvalue weighted by molar-refractivity contribution is 1.50. The van der Waals surface area contributed by atoms with E-state index in [9.17, 15) is 0 Å². The lowest BCUT2D eigenvalue weighted by atomic mass is 10.1. The zero-order valence-corrected chi connectivity index (χ0v) is 25.1. The average molecular weight is 463 g/mol. The standard InChI is InChI=1S/C10H8.C6H6.8C2H6.CH4/c1-2-6-10-8-4-3-7-9(10)5-1;1-2-4-6-5-3-1;8*1-2;/h1-8H;1-6H;8*1-2H3;1H4. The maximum absolute atomic E-state index is 2.12. The minimum atomic E-state index is 0. The summed E-state index contributed by atoms with van der Waals surface area (Å²) < 4.78 is 0. The number of benzene rings is 3. The molecule has 0 aromatic heterocycles. The normalized spacial score (nSPS) is 5.94. The quantitative estimate of drug-likeness (QED) is 0.311. The minimum Gasteiger partial charge on any atom is -0.0776 e. The van der Waals surface area contributed by atoms with Crippen LogP contribution in [-0.2, 0) is 0 Å². The first-order valence-electron chi connectivity index (χ1n) is 13.4. The second kappa shape index (κ2) is 77.9. The zero-order valence-electron chi connectivity index (χ0n) is 25.1. The van der Waals surface area contributed by atoms with Crippen molar-refractivity contribution in [3.63, 3.8) is 0 Å². The van der Waals surface area contributed by atoms with Gasteiger partial charge in [-0.3, -0.25) is 0 Å². The van der Waals surface area contributed by atoms with Gasteiger partial charge in [0.1, 0.15) is 0 Å². The molecule has 198 valence electrons. The highest BCUT2D eigenvalue weighted by molar-refractivity contribution is 5.81. The summed E-state index contributed by atoms with van der Waals surface area (Å²) in [6.45, 7) is 32.0. The van der Waals surface area contributed by atoms with Gasteiger partial charge in [0.15, 0.2) is 0 Å². The number of fused-ring (bicyclic) bond motifs is 1. The Kier molecular flexibility index (Phi) is 124. The van der Waals surface area contributed by atoms with Crippen LogP contribution in [0.15, 0.2) is 84.9 Å². The molecule has 0 atom stereocenters. The third-order valence-corrected chi connectivity index (χ3v) is 2.33. The summed E-state index contributed by atoms with van der Waals surface area (Å²) >= 11 is 0. The molecule has 0 aliphatic carbocycles. The smallest absolute Gasteiger partial charge is 0.0184 e. The molecule has 0 amide bonds. The van der Waals surface area contributed by atoms with Gasteiger partial charge in [0.25, 0.3) is 0 Å². The number of hydrogen-bond donors (Lipinski definition) is 0. The molecular weight excluding hydrogens is 396 g/mol. The molecular formula is C33H66. The Morgan fingerprint density at radius 1 is 0.242 bits per heavy atom. The first-order valence-corrected chi connectivity index (χ1v) is 13.4. The molecule has 0 nitrogen and oxygen atoms in total. The van der Waals surface area contributed by atoms with Crippen LogP contribution in [0.25, 0.3) is 10.8 Å². The second-order valence-electron chi connectivity index (χ2n) is 3.50. The monoisotopic (exact) mass is 463 g/mol. The van der Waals surface area contributed by atoms with Crippen molar-refractivity contribution in [2.75, 3.05) is 0 Å². The van der Waals surface area contributed by atoms with Gasteiger partial charge in [0.2, 0.25) is 0 Å². The maximum Gasteiger partial charge on any atom is -0.0184 e. The second-order valence-corrected chi connectivity index (χ2v) is 3.50. The van der Waals surface area contributed by atoms with E-state index in [1.165, 1.54) is 10.8 Å². The van der Waals surface area contributed by atoms with Crippen molar-refractivity contribution in [3.8, 4) is 0 Å². The molecule has 0 saturated heterocycles. The Balaban J connectivity index is -0.0000000399. The van der Waals surface area contributed by atoms with Crippen molar-refractivity contribution in [2.45, 2.75) is 118 Å². The fourth-order valence-electron chi connectivity index (χ4n) is 1.52. The molecule has 0 spiro atoms. The van der Waals surface area contributed by atoms with Gasteiger partial charge in [-0.25, -0.2) is 0 Å². The van der Waals surface area contributed by atoms with Gasteiger partial charge >= 0.3 is 0 Å². The van der Waals surface area contributed by atoms with Crippen LogP contribution >= 0.6 is 0 Å². The first kappa shape index (κ1) is 52.7. The minimum absolute atomic E-state index is 0. The summed E-state index contributed by atoms with van der Waals surface area (Å²) in [4.78, 5) is 0. The van der Waals surface area contributed by atoms with Gasteiger partial charge in [-0.2, -0.15) is 0 Å². The molecule has 3 aromatic carbocycles. The van der Waals surface area contributed by atoms with Crippen LogP contribution in [0.5, 0.6) is 0 Å². The Morgan fingerprint density at radius 3 is 0.485 bits per heavy atom. The molecule has 0 aliphatic rings. The molecule has 0 radical (unpaired) electrons. The van der Waals surface area contributed by atoms with Gasteiger partial charge in [-0.15, -0.1) is 0 Å². The fourth-order valence-corrected chi connectivity index (χ4v) is 1.52. The molecule has 0 N–H and O–H groups in total. The van der Waals surface area contributed by atoms with E-state index in [0.29, 0.717) is 0 Å². The van der Waals surface area contributed by atoms with E-state index in [2.05, 4.69) is 48.5 Å². The van der Waals surface area contributed by atoms with Gasteiger partial charge in [0, 0.05) is 0 Å². The van der Waals surface area contributed by atoms with Crippen LogP contribution in [-0.4, -0.2) is 0 Å². The van der Waals surface area contributed by atoms with Crippen LogP contribution in [0.4, 0.5) is 0 Å². The molecule has 0 heteroatoms. The highest BCUT2D eigenvalue weighted by Gasteiger charge is 1.85. The molecule has 0 aliphatic heterocycles. The summed E-state index contributed by atoms with van der Waals surface area (Å²) in [5.74, 6) is 0. The van der Waals surface area contributed by atoms with E-state index in [1.807, 2.05) is 147 Å². The van der Waals surface area contributed by atoms with Crippen LogP contribution in [0.2, 0.25) is 0 Å². The van der Waals surface area contributed by atoms with Gasteiger partial charge in [-0.1, -0.05) is 203 Å². The third kappa shape index (κ3) is 48.5. The molecule has 0 heterocycles. The van der Waals surface area contributed by atoms with Crippen molar-refractivity contribution in [1.82, 2.24) is 0 Å². The zero-order chi connectivity index (χ0) is 27.1. The molecule has 0 bridgehead atoms. The summed E-state index contributed by atoms with van der Waals surface area (Å²) in [6, 6.07) is 28.7. The van der Waals surface area contributed by atoms with Crippen molar-refractivity contribution < 1.29 is 0 Å². The Bertz CT molecular complexity index is 434. The molecule has 33 heavy (non-hydrogen) atoms. The predicted octanol–water partition coefficient (Wildman–Crippen LogP) is 13.4. The van der Waals surface area contributed by atoms with Gasteiger partial charge < -0.3 is 0 Å². The lowest BCUT2D eigenvalue weighted by Crippen LogP contribution is -1.67. The summed E-state index contributed by atoms with van der Waals surface area (Å²) in [5, 5.41) is 2.62. The molecule has 3 aromatic rings. The van der Waals surface area contributed by atoms with E-state index in [-0.39, 0.29) is 7.43 Å². The van der Waals surface area contributed by atoms with Gasteiger partial charge in [-0.05, 0) is 10.8 Å². The van der Waals surface area contributed by atoms with Crippen molar-refractivity contribution in [2.24, 2.45) is 0 Å². The van der Waals surface area contributed by atoms with E-state index in [1.54, 1.807) is 0 Å². The summed E-state index contributed by atoms with van der Waals surface area (Å²) in [6.07, 6.45) is 0. The average Bonchev–Trinajstić information content (AvgIpc) is 2.99. The van der Waals surface area contributed by atoms with Crippen LogP contribution < -0.4 is 0 Å². The molecule has 0 unspecified atom stereocenters. The highest BCUT2D eigenvalue weighted by Crippen LogP contribution is 2.11. The van der Waals surface area contributed by atoms with Gasteiger partial charge in [0.05, 0.1) is 0 Å². The first-order chi connectivity index (χ1) is 16.0. The van der Waals surface area contributed by atoms with Crippen LogP contribution in [0.3, 0.4) is 0 Å². The maximum atomic E-state index is 2.12. The van der Waals surface area contributed by atoms with Crippen LogP contribution in [0.1, 0.15) is 118 Å². The summed E-state index contributed by atoms with van der Waals surface area (Å²) in [5.41, 5.74) is 0. The third-order valence-electron chi connectivity index (χ3n) is 2.33. The largest absolute Gasteiger partial charge is 0.0776 e. The molecule has 3 rings (SSSR count). The Hall–Kier alpha value is -2.08. The topological polar surface area (TPSA) is 0 Å². The van der Waals surface area contributed by atoms with E-state index < -0.39 is 0 Å². The SMILES string of the molecule is C.CC.CC.CC.CC.CC.CC.CC.CC.c1ccc2ccccc2c1.c1ccccc1. The highest BCUT2D eigenvalue weighted by atomic mass is 13.9. The number of hydrogen-bond acceptors (Lipinski definition) is 0. The molecule has 0 fully saturated rings. The van der Waals surface area contributed by atoms with E-state index in [0.717, 1.165) is 0 Å². The Labute approximate surface area is 213 Å². The van der Waals surface area contributed by atoms with Crippen molar-refractivity contribution in [1.29, 1.82) is 0 Å². The lowest BCUT2D eigenvalue weighted by Gasteiger charge is -1.92. The summed E-state index contributed by atoms with van der Waals surface area (Å²) in [7, 11) is 0. The fraction of sp³-hybridized carbons (Fsp3) is 0.515. The van der Waals surface area contributed by atoms with Crippen molar-refractivity contribution >= 4 is 10.8 Å². The predicted molar refractivity (Wildman–Crippen MR) is 168 cm³/mol. The van der Waals surface area contributed by atoms with E-state index >= 15 is 0 Å². The molecule has 0 saturated carbocycles. The Morgan fingerprint density at radius 2 is 0.364 bits per heavy atom. The number of rotatable bonds is 0. The van der Waals surface area contributed by atoms with E-state index in [4.69, 9.17) is 0 Å².